The topological polar surface area (TPSA) is 12.0 Å². The highest BCUT2D eigenvalue weighted by Crippen LogP contribution is 2.38. The van der Waals surface area contributed by atoms with E-state index in [9.17, 15) is 0 Å². The average Bonchev–Trinajstić information content (AvgIpc) is 2.91. The van der Waals surface area contributed by atoms with E-state index in [0.717, 1.165) is 22.9 Å². The molecule has 3 rings (SSSR count). The highest BCUT2D eigenvalue weighted by atomic mass is 35.5. The van der Waals surface area contributed by atoms with Gasteiger partial charge < -0.3 is 5.32 Å². The molecule has 0 bridgehead atoms. The van der Waals surface area contributed by atoms with E-state index in [2.05, 4.69) is 17.4 Å². The van der Waals surface area contributed by atoms with Crippen molar-refractivity contribution in [1.29, 1.82) is 0 Å². The van der Waals surface area contributed by atoms with E-state index in [1.807, 2.05) is 12.1 Å². The minimum atomic E-state index is 0.762. The lowest BCUT2D eigenvalue weighted by atomic mass is 9.90. The quantitative estimate of drug-likeness (QED) is 0.862. The molecule has 1 N–H and O–H groups in total. The molecular weight excluding hydrogens is 230 g/mol. The molecule has 0 spiro atoms. The van der Waals surface area contributed by atoms with Gasteiger partial charge in [-0.05, 0) is 61.8 Å². The Bertz CT molecular complexity index is 373. The summed E-state index contributed by atoms with van der Waals surface area (Å²) in [6.07, 6.45) is 6.81. The van der Waals surface area contributed by atoms with Crippen LogP contribution in [0.15, 0.2) is 24.3 Å². The Kier molecular flexibility index (Phi) is 3.39. The number of nitrogens with one attached hydrogen (secondary N) is 1. The maximum absolute atomic E-state index is 5.90. The molecule has 1 saturated heterocycles. The fraction of sp³-hybridized carbons (Fsp3) is 0.600. The van der Waals surface area contributed by atoms with Gasteiger partial charge in [0.1, 0.15) is 0 Å². The zero-order valence-electron chi connectivity index (χ0n) is 10.2. The van der Waals surface area contributed by atoms with Gasteiger partial charge in [0.2, 0.25) is 0 Å². The van der Waals surface area contributed by atoms with Crippen LogP contribution in [-0.2, 0) is 6.42 Å². The molecule has 1 aliphatic carbocycles. The molecule has 92 valence electrons. The molecule has 2 aliphatic rings. The number of hydrogen-bond donors (Lipinski definition) is 1. The van der Waals surface area contributed by atoms with E-state index in [4.69, 9.17) is 11.6 Å². The van der Waals surface area contributed by atoms with Crippen LogP contribution >= 0.6 is 11.6 Å². The summed E-state index contributed by atoms with van der Waals surface area (Å²) >= 11 is 5.90. The van der Waals surface area contributed by atoms with Gasteiger partial charge in [0.25, 0.3) is 0 Å². The monoisotopic (exact) mass is 249 g/mol. The second-order valence-corrected chi connectivity index (χ2v) is 5.97. The van der Waals surface area contributed by atoms with E-state index in [0.29, 0.717) is 0 Å². The molecule has 1 heterocycles. The molecular formula is C15H20ClN. The van der Waals surface area contributed by atoms with Crippen molar-refractivity contribution in [2.75, 3.05) is 6.54 Å². The third-order valence-electron chi connectivity index (χ3n) is 4.53. The minimum Gasteiger partial charge on any atom is -0.313 e. The second kappa shape index (κ2) is 4.99. The first-order valence-electron chi connectivity index (χ1n) is 6.81. The average molecular weight is 250 g/mol. The van der Waals surface area contributed by atoms with Crippen molar-refractivity contribution >= 4 is 11.6 Å². The van der Waals surface area contributed by atoms with E-state index in [1.54, 1.807) is 0 Å². The van der Waals surface area contributed by atoms with Crippen molar-refractivity contribution < 1.29 is 0 Å². The lowest BCUT2D eigenvalue weighted by Crippen LogP contribution is -2.27. The van der Waals surface area contributed by atoms with Gasteiger partial charge in [0, 0.05) is 11.1 Å². The molecule has 0 radical (unpaired) electrons. The number of aryl methyl sites for hydroxylation is 1. The first-order valence-corrected chi connectivity index (χ1v) is 7.18. The van der Waals surface area contributed by atoms with Gasteiger partial charge in [-0.3, -0.25) is 0 Å². The lowest BCUT2D eigenvalue weighted by Gasteiger charge is -2.18. The summed E-state index contributed by atoms with van der Waals surface area (Å²) in [4.78, 5) is 0. The fourth-order valence-electron chi connectivity index (χ4n) is 3.59. The molecule has 1 saturated carbocycles. The second-order valence-electron chi connectivity index (χ2n) is 5.53. The van der Waals surface area contributed by atoms with Crippen LogP contribution in [0.25, 0.3) is 0 Å². The number of hydrogen-bond acceptors (Lipinski definition) is 1. The van der Waals surface area contributed by atoms with Crippen LogP contribution in [0.4, 0.5) is 0 Å². The Morgan fingerprint density at radius 1 is 1.18 bits per heavy atom. The Morgan fingerprint density at radius 3 is 2.82 bits per heavy atom. The number of fused-ring (bicyclic) bond motifs is 1. The first-order chi connectivity index (χ1) is 8.33. The predicted octanol–water partition coefficient (Wildman–Crippen LogP) is 3.66. The van der Waals surface area contributed by atoms with Crippen molar-refractivity contribution in [3.05, 3.63) is 34.9 Å². The van der Waals surface area contributed by atoms with E-state index >= 15 is 0 Å². The van der Waals surface area contributed by atoms with Crippen LogP contribution in [0, 0.1) is 11.8 Å². The normalized spacial score (nSPS) is 31.7. The predicted molar refractivity (Wildman–Crippen MR) is 72.4 cm³/mol. The Balaban J connectivity index is 1.56. The Labute approximate surface area is 109 Å². The van der Waals surface area contributed by atoms with Gasteiger partial charge >= 0.3 is 0 Å². The van der Waals surface area contributed by atoms with Crippen LogP contribution in [-0.4, -0.2) is 12.6 Å². The number of benzene rings is 1. The van der Waals surface area contributed by atoms with Crippen LogP contribution in [0.2, 0.25) is 5.02 Å². The van der Waals surface area contributed by atoms with Crippen molar-refractivity contribution in [2.24, 2.45) is 11.8 Å². The summed E-state index contributed by atoms with van der Waals surface area (Å²) in [7, 11) is 0. The van der Waals surface area contributed by atoms with Crippen LogP contribution in [0.1, 0.15) is 31.2 Å². The number of halogens is 1. The van der Waals surface area contributed by atoms with Gasteiger partial charge in [-0.1, -0.05) is 30.2 Å². The number of rotatable bonds is 3. The molecule has 0 aromatic heterocycles. The van der Waals surface area contributed by atoms with Gasteiger partial charge in [-0.25, -0.2) is 0 Å². The summed E-state index contributed by atoms with van der Waals surface area (Å²) in [5, 5.41) is 4.55. The summed E-state index contributed by atoms with van der Waals surface area (Å²) in [6.45, 7) is 1.26. The Hall–Kier alpha value is -0.530. The van der Waals surface area contributed by atoms with Gasteiger partial charge in [-0.15, -0.1) is 0 Å². The van der Waals surface area contributed by atoms with E-state index in [1.165, 1.54) is 44.2 Å². The van der Waals surface area contributed by atoms with Crippen LogP contribution in [0.3, 0.4) is 0 Å². The van der Waals surface area contributed by atoms with Gasteiger partial charge in [0.05, 0.1) is 0 Å². The molecule has 1 aliphatic heterocycles. The molecule has 2 heteroatoms. The summed E-state index contributed by atoms with van der Waals surface area (Å²) < 4.78 is 0. The third-order valence-corrected chi connectivity index (χ3v) is 4.79. The molecule has 17 heavy (non-hydrogen) atoms. The standard InChI is InChI=1S/C15H20ClN/c16-13-7-4-11(5-8-13)6-9-15-14-3-1-2-12(14)10-17-15/h4-5,7-8,12,14-15,17H,1-3,6,9-10H2. The molecule has 3 atom stereocenters. The SMILES string of the molecule is Clc1ccc(CCC2NCC3CCCC32)cc1. The largest absolute Gasteiger partial charge is 0.313 e. The molecule has 1 nitrogen and oxygen atoms in total. The zero-order chi connectivity index (χ0) is 11.7. The van der Waals surface area contributed by atoms with Gasteiger partial charge in [0.15, 0.2) is 0 Å². The third kappa shape index (κ3) is 2.51. The highest BCUT2D eigenvalue weighted by molar-refractivity contribution is 6.30. The van der Waals surface area contributed by atoms with Crippen LogP contribution in [0.5, 0.6) is 0 Å². The van der Waals surface area contributed by atoms with Gasteiger partial charge in [-0.2, -0.15) is 0 Å². The summed E-state index contributed by atoms with van der Waals surface area (Å²) in [5.74, 6) is 1.94. The van der Waals surface area contributed by atoms with Crippen molar-refractivity contribution in [1.82, 2.24) is 5.32 Å². The minimum absolute atomic E-state index is 0.762. The van der Waals surface area contributed by atoms with E-state index in [-0.39, 0.29) is 0 Å². The van der Waals surface area contributed by atoms with E-state index < -0.39 is 0 Å². The molecule has 0 amide bonds. The first kappa shape index (κ1) is 11.6. The zero-order valence-corrected chi connectivity index (χ0v) is 10.9. The molecule has 1 aromatic rings. The molecule has 2 fully saturated rings. The highest BCUT2D eigenvalue weighted by Gasteiger charge is 2.38. The fourth-order valence-corrected chi connectivity index (χ4v) is 3.72. The Morgan fingerprint density at radius 2 is 2.00 bits per heavy atom. The smallest absolute Gasteiger partial charge is 0.0406 e. The maximum atomic E-state index is 5.90. The molecule has 3 unspecified atom stereocenters. The van der Waals surface area contributed by atoms with Crippen molar-refractivity contribution in [2.45, 2.75) is 38.1 Å². The summed E-state index contributed by atoms with van der Waals surface area (Å²) in [6, 6.07) is 9.07. The maximum Gasteiger partial charge on any atom is 0.0406 e. The van der Waals surface area contributed by atoms with Crippen LogP contribution < -0.4 is 5.32 Å². The van der Waals surface area contributed by atoms with Crippen molar-refractivity contribution in [3.8, 4) is 0 Å². The molecule has 1 aromatic carbocycles. The summed E-state index contributed by atoms with van der Waals surface area (Å²) in [5.41, 5.74) is 1.41. The lowest BCUT2D eigenvalue weighted by molar-refractivity contribution is 0.393. The van der Waals surface area contributed by atoms with Crippen molar-refractivity contribution in [3.63, 3.8) is 0 Å².